The third-order valence-electron chi connectivity index (χ3n) is 5.01. The van der Waals surface area contributed by atoms with Crippen molar-refractivity contribution in [2.24, 2.45) is 0 Å². The molecule has 0 saturated carbocycles. The number of carbonyl (C=O) groups excluding carboxylic acids is 1. The Kier molecular flexibility index (Phi) is 7.45. The Bertz CT molecular complexity index is 1100. The number of hydrogen-bond donors (Lipinski definition) is 1. The number of carbonyl (C=O) groups is 1. The maximum Gasteiger partial charge on any atom is 0.271 e. The molecule has 1 saturated heterocycles. The largest absolute Gasteiger partial charge is 0.339 e. The van der Waals surface area contributed by atoms with Crippen molar-refractivity contribution in [1.29, 1.82) is 0 Å². The van der Waals surface area contributed by atoms with Crippen LogP contribution in [0.5, 0.6) is 0 Å². The minimum atomic E-state index is -4.13. The minimum absolute atomic E-state index is 0.0239. The van der Waals surface area contributed by atoms with Gasteiger partial charge >= 0.3 is 0 Å². The molecule has 0 unspecified atom stereocenters. The standard InChI is InChI=1S/C20H22ClN3O5S2/c1-30-19-9-7-15(13-16(19)20(25)23-10-4-2-3-5-11-23)31(28,29)22-18-12-14(24(26)27)6-8-17(18)21/h6-9,12-13,22H,2-5,10-11H2,1H3. The molecule has 8 nitrogen and oxygen atoms in total. The van der Waals surface area contributed by atoms with Crippen LogP contribution < -0.4 is 4.72 Å². The van der Waals surface area contributed by atoms with E-state index in [1.165, 1.54) is 36.0 Å². The van der Waals surface area contributed by atoms with Crippen molar-refractivity contribution in [2.45, 2.75) is 35.5 Å². The second kappa shape index (κ2) is 9.88. The van der Waals surface area contributed by atoms with Gasteiger partial charge in [0.25, 0.3) is 21.6 Å². The summed E-state index contributed by atoms with van der Waals surface area (Å²) in [5.41, 5.74) is -0.0792. The maximum atomic E-state index is 13.1. The number of sulfonamides is 1. The minimum Gasteiger partial charge on any atom is -0.339 e. The number of nitro groups is 1. The van der Waals surface area contributed by atoms with Gasteiger partial charge in [-0.2, -0.15) is 0 Å². The highest BCUT2D eigenvalue weighted by Crippen LogP contribution is 2.31. The van der Waals surface area contributed by atoms with Gasteiger partial charge in [0.05, 0.1) is 26.1 Å². The lowest BCUT2D eigenvalue weighted by atomic mass is 10.2. The summed E-state index contributed by atoms with van der Waals surface area (Å²) in [5.74, 6) is -0.198. The summed E-state index contributed by atoms with van der Waals surface area (Å²) in [6, 6.07) is 7.85. The normalized spacial score (nSPS) is 14.7. The fourth-order valence-electron chi connectivity index (χ4n) is 3.37. The number of thioether (sulfide) groups is 1. The Morgan fingerprint density at radius 3 is 2.42 bits per heavy atom. The van der Waals surface area contributed by atoms with Crippen LogP contribution in [-0.4, -0.2) is 43.5 Å². The second-order valence-corrected chi connectivity index (χ2v) is 10.0. The summed E-state index contributed by atoms with van der Waals surface area (Å²) in [5, 5.41) is 11.0. The quantitative estimate of drug-likeness (QED) is 0.359. The molecule has 1 N–H and O–H groups in total. The number of anilines is 1. The number of amides is 1. The number of benzene rings is 2. The lowest BCUT2D eigenvalue weighted by Gasteiger charge is -2.22. The molecule has 0 spiro atoms. The van der Waals surface area contributed by atoms with E-state index >= 15 is 0 Å². The van der Waals surface area contributed by atoms with Crippen LogP contribution >= 0.6 is 23.4 Å². The summed E-state index contributed by atoms with van der Waals surface area (Å²) < 4.78 is 28.2. The molecular weight excluding hydrogens is 462 g/mol. The smallest absolute Gasteiger partial charge is 0.271 e. The molecule has 0 aromatic heterocycles. The maximum absolute atomic E-state index is 13.1. The Labute approximate surface area is 190 Å². The summed E-state index contributed by atoms with van der Waals surface area (Å²) in [6.07, 6.45) is 5.81. The van der Waals surface area contributed by atoms with Crippen LogP contribution in [0.25, 0.3) is 0 Å². The Hall–Kier alpha value is -2.30. The molecule has 0 bridgehead atoms. The van der Waals surface area contributed by atoms with Crippen molar-refractivity contribution >= 4 is 50.7 Å². The first-order valence-electron chi connectivity index (χ1n) is 9.67. The van der Waals surface area contributed by atoms with Gasteiger partial charge in [-0.15, -0.1) is 11.8 Å². The Morgan fingerprint density at radius 2 is 1.81 bits per heavy atom. The third kappa shape index (κ3) is 5.50. The Balaban J connectivity index is 1.95. The molecule has 1 amide bonds. The predicted octanol–water partition coefficient (Wildman–Crippen LogP) is 4.79. The number of nitro benzene ring substituents is 1. The van der Waals surface area contributed by atoms with E-state index in [-0.39, 0.29) is 27.2 Å². The molecule has 1 fully saturated rings. The number of non-ortho nitro benzene ring substituents is 1. The van der Waals surface area contributed by atoms with E-state index in [1.54, 1.807) is 11.0 Å². The molecule has 31 heavy (non-hydrogen) atoms. The Morgan fingerprint density at radius 1 is 1.13 bits per heavy atom. The zero-order valence-electron chi connectivity index (χ0n) is 16.8. The van der Waals surface area contributed by atoms with Gasteiger partial charge < -0.3 is 4.90 Å². The third-order valence-corrected chi connectivity index (χ3v) is 7.50. The molecule has 2 aromatic carbocycles. The van der Waals surface area contributed by atoms with E-state index in [0.29, 0.717) is 23.5 Å². The first kappa shape index (κ1) is 23.4. The number of rotatable bonds is 6. The van der Waals surface area contributed by atoms with E-state index in [2.05, 4.69) is 4.72 Å². The SMILES string of the molecule is CSc1ccc(S(=O)(=O)Nc2cc([N+](=O)[O-])ccc2Cl)cc1C(=O)N1CCCCCC1. The highest BCUT2D eigenvalue weighted by atomic mass is 35.5. The van der Waals surface area contributed by atoms with Gasteiger partial charge in [0.1, 0.15) is 0 Å². The number of nitrogens with one attached hydrogen (secondary N) is 1. The molecular formula is C20H22ClN3O5S2. The van der Waals surface area contributed by atoms with Crippen LogP contribution in [0.15, 0.2) is 46.2 Å². The average Bonchev–Trinajstić information content (AvgIpc) is 3.03. The number of nitrogens with zero attached hydrogens (tertiary/aromatic N) is 2. The first-order valence-corrected chi connectivity index (χ1v) is 12.8. The fourth-order valence-corrected chi connectivity index (χ4v) is 5.26. The number of likely N-dealkylation sites (tertiary alicyclic amines) is 1. The number of halogens is 1. The van der Waals surface area contributed by atoms with Crippen molar-refractivity contribution in [1.82, 2.24) is 4.90 Å². The van der Waals surface area contributed by atoms with E-state index in [4.69, 9.17) is 11.6 Å². The van der Waals surface area contributed by atoms with Crippen molar-refractivity contribution in [2.75, 3.05) is 24.1 Å². The van der Waals surface area contributed by atoms with E-state index < -0.39 is 14.9 Å². The van der Waals surface area contributed by atoms with Crippen LogP contribution in [0.1, 0.15) is 36.0 Å². The van der Waals surface area contributed by atoms with Crippen molar-refractivity contribution in [3.63, 3.8) is 0 Å². The number of hydrogen-bond acceptors (Lipinski definition) is 6. The zero-order valence-corrected chi connectivity index (χ0v) is 19.2. The highest BCUT2D eigenvalue weighted by Gasteiger charge is 2.24. The van der Waals surface area contributed by atoms with Gasteiger partial charge in [-0.3, -0.25) is 19.6 Å². The lowest BCUT2D eigenvalue weighted by Crippen LogP contribution is -2.32. The molecule has 11 heteroatoms. The summed E-state index contributed by atoms with van der Waals surface area (Å²) in [6.45, 7) is 1.29. The molecule has 1 aliphatic heterocycles. The summed E-state index contributed by atoms with van der Waals surface area (Å²) >= 11 is 7.39. The molecule has 0 aliphatic carbocycles. The molecule has 0 radical (unpaired) electrons. The molecule has 3 rings (SSSR count). The van der Waals surface area contributed by atoms with Gasteiger partial charge in [-0.1, -0.05) is 24.4 Å². The van der Waals surface area contributed by atoms with E-state index in [0.717, 1.165) is 31.7 Å². The second-order valence-electron chi connectivity index (χ2n) is 7.10. The predicted molar refractivity (Wildman–Crippen MR) is 122 cm³/mol. The van der Waals surface area contributed by atoms with Crippen LogP contribution in [0.3, 0.4) is 0 Å². The summed E-state index contributed by atoms with van der Waals surface area (Å²) in [4.78, 5) is 25.8. The van der Waals surface area contributed by atoms with Crippen molar-refractivity contribution < 1.29 is 18.1 Å². The molecule has 0 atom stereocenters. The van der Waals surface area contributed by atoms with Gasteiger partial charge in [0.2, 0.25) is 0 Å². The average molecular weight is 484 g/mol. The molecule has 2 aromatic rings. The van der Waals surface area contributed by atoms with E-state index in [1.807, 2.05) is 6.26 Å². The van der Waals surface area contributed by atoms with E-state index in [9.17, 15) is 23.3 Å². The topological polar surface area (TPSA) is 110 Å². The van der Waals surface area contributed by atoms with Crippen LogP contribution in [0.4, 0.5) is 11.4 Å². The monoisotopic (exact) mass is 483 g/mol. The van der Waals surface area contributed by atoms with Crippen molar-refractivity contribution in [3.8, 4) is 0 Å². The van der Waals surface area contributed by atoms with Crippen molar-refractivity contribution in [3.05, 3.63) is 57.1 Å². The zero-order chi connectivity index (χ0) is 22.6. The van der Waals surface area contributed by atoms with Gasteiger partial charge in [-0.25, -0.2) is 8.42 Å². The van der Waals surface area contributed by atoms with Crippen LogP contribution in [0, 0.1) is 10.1 Å². The van der Waals surface area contributed by atoms with Gasteiger partial charge in [0.15, 0.2) is 0 Å². The fraction of sp³-hybridized carbons (Fsp3) is 0.350. The van der Waals surface area contributed by atoms with Gasteiger partial charge in [0, 0.05) is 30.1 Å². The van der Waals surface area contributed by atoms with Crippen LogP contribution in [0.2, 0.25) is 5.02 Å². The van der Waals surface area contributed by atoms with Crippen LogP contribution in [-0.2, 0) is 10.0 Å². The van der Waals surface area contributed by atoms with Gasteiger partial charge in [-0.05, 0) is 43.4 Å². The molecule has 1 aliphatic rings. The first-order chi connectivity index (χ1) is 14.7. The summed E-state index contributed by atoms with van der Waals surface area (Å²) in [7, 11) is -4.13. The molecule has 1 heterocycles. The highest BCUT2D eigenvalue weighted by molar-refractivity contribution is 7.98. The molecule has 166 valence electrons. The lowest BCUT2D eigenvalue weighted by molar-refractivity contribution is -0.384.